The van der Waals surface area contributed by atoms with Crippen LogP contribution in [-0.4, -0.2) is 50.0 Å². The van der Waals surface area contributed by atoms with Crippen LogP contribution in [0.4, 0.5) is 0 Å². The van der Waals surface area contributed by atoms with Gasteiger partial charge in [-0.05, 0) is 48.2 Å². The Morgan fingerprint density at radius 2 is 2.15 bits per heavy atom. The molecule has 0 fully saturated rings. The molecule has 0 aliphatic carbocycles. The molecule has 1 amide bonds. The van der Waals surface area contributed by atoms with Crippen molar-refractivity contribution in [2.75, 3.05) is 13.7 Å². The molecule has 3 heterocycles. The number of ether oxygens (including phenoxy) is 1. The van der Waals surface area contributed by atoms with E-state index in [9.17, 15) is 9.59 Å². The van der Waals surface area contributed by atoms with Gasteiger partial charge in [0.05, 0.1) is 0 Å². The van der Waals surface area contributed by atoms with Gasteiger partial charge in [0, 0.05) is 31.4 Å². The molecule has 0 atom stereocenters. The van der Waals surface area contributed by atoms with Gasteiger partial charge < -0.3 is 9.64 Å². The maximum absolute atomic E-state index is 12.1. The van der Waals surface area contributed by atoms with E-state index in [0.29, 0.717) is 18.7 Å². The minimum absolute atomic E-state index is 0.172. The number of carbonyl (C=O) groups excluding carboxylic acids is 2. The summed E-state index contributed by atoms with van der Waals surface area (Å²) in [4.78, 5) is 34.2. The number of esters is 1. The summed E-state index contributed by atoms with van der Waals surface area (Å²) in [5.41, 5.74) is 3.71. The monoisotopic (exact) mass is 387 g/mol. The number of likely N-dealkylation sites (N-methyl/N-ethyl adjacent to an activating group) is 1. The number of hydrogen-bond acceptors (Lipinski definition) is 7. The number of nitrogens with zero attached hydrogens (tertiary/aromatic N) is 5. The molecular formula is C18H21N5O3S. The summed E-state index contributed by atoms with van der Waals surface area (Å²) in [5.74, 6) is -0.104. The highest BCUT2D eigenvalue weighted by Gasteiger charge is 2.15. The van der Waals surface area contributed by atoms with Crippen LogP contribution in [-0.2, 0) is 27.3 Å². The van der Waals surface area contributed by atoms with Crippen LogP contribution < -0.4 is 0 Å². The fourth-order valence-electron chi connectivity index (χ4n) is 2.81. The molecule has 0 aliphatic heterocycles. The predicted molar refractivity (Wildman–Crippen MR) is 100 cm³/mol. The molecule has 9 heteroatoms. The first-order valence-corrected chi connectivity index (χ1v) is 9.46. The second-order valence-electron chi connectivity index (χ2n) is 6.28. The number of aryl methyl sites for hydroxylation is 2. The topological polar surface area (TPSA) is 89.7 Å². The minimum Gasteiger partial charge on any atom is -0.456 e. The Morgan fingerprint density at radius 1 is 1.33 bits per heavy atom. The van der Waals surface area contributed by atoms with Crippen molar-refractivity contribution in [3.8, 4) is 0 Å². The van der Waals surface area contributed by atoms with Crippen LogP contribution >= 0.6 is 11.3 Å². The first kappa shape index (κ1) is 19.0. The third-order valence-electron chi connectivity index (χ3n) is 4.35. The Balaban J connectivity index is 1.50. The standard InChI is InChI=1S/C18H21N5O3S/c1-12-15(13(2)23-18(21-12)19-11-20-23)4-5-17(25)26-9-16(24)22(3)8-14-6-7-27-10-14/h6-7,10-11H,4-5,8-9H2,1-3H3. The van der Waals surface area contributed by atoms with E-state index in [4.69, 9.17) is 4.74 Å². The molecule has 0 saturated heterocycles. The van der Waals surface area contributed by atoms with Crippen molar-refractivity contribution >= 4 is 29.0 Å². The largest absolute Gasteiger partial charge is 0.456 e. The predicted octanol–water partition coefficient (Wildman–Crippen LogP) is 1.94. The maximum atomic E-state index is 12.1. The summed E-state index contributed by atoms with van der Waals surface area (Å²) in [5, 5.41) is 8.08. The van der Waals surface area contributed by atoms with Crippen LogP contribution in [0.3, 0.4) is 0 Å². The van der Waals surface area contributed by atoms with E-state index in [1.807, 2.05) is 30.7 Å². The number of hydrogen-bond donors (Lipinski definition) is 0. The molecule has 0 saturated carbocycles. The second-order valence-corrected chi connectivity index (χ2v) is 7.06. The third kappa shape index (κ3) is 4.48. The average molecular weight is 387 g/mol. The first-order chi connectivity index (χ1) is 13.0. The van der Waals surface area contributed by atoms with Gasteiger partial charge in [-0.15, -0.1) is 0 Å². The van der Waals surface area contributed by atoms with Crippen molar-refractivity contribution < 1.29 is 14.3 Å². The van der Waals surface area contributed by atoms with E-state index in [2.05, 4.69) is 15.1 Å². The van der Waals surface area contributed by atoms with Crippen molar-refractivity contribution in [1.82, 2.24) is 24.5 Å². The van der Waals surface area contributed by atoms with Crippen LogP contribution in [0.5, 0.6) is 0 Å². The van der Waals surface area contributed by atoms with Gasteiger partial charge >= 0.3 is 5.97 Å². The van der Waals surface area contributed by atoms with E-state index >= 15 is 0 Å². The number of amides is 1. The summed E-state index contributed by atoms with van der Waals surface area (Å²) >= 11 is 1.58. The molecule has 0 aliphatic rings. The smallest absolute Gasteiger partial charge is 0.306 e. The van der Waals surface area contributed by atoms with Gasteiger partial charge in [0.25, 0.3) is 11.7 Å². The van der Waals surface area contributed by atoms with Gasteiger partial charge in [0.15, 0.2) is 6.61 Å². The van der Waals surface area contributed by atoms with E-state index in [1.165, 1.54) is 6.33 Å². The Bertz CT molecular complexity index is 951. The molecule has 8 nitrogen and oxygen atoms in total. The molecule has 0 bridgehead atoms. The molecule has 0 radical (unpaired) electrons. The van der Waals surface area contributed by atoms with E-state index in [1.54, 1.807) is 27.8 Å². The molecule has 3 aromatic rings. The molecule has 3 rings (SSSR count). The van der Waals surface area contributed by atoms with Crippen LogP contribution in [0.1, 0.15) is 28.9 Å². The van der Waals surface area contributed by atoms with Gasteiger partial charge in [-0.3, -0.25) is 9.59 Å². The molecule has 0 N–H and O–H groups in total. The van der Waals surface area contributed by atoms with Gasteiger partial charge in [-0.2, -0.15) is 21.4 Å². The minimum atomic E-state index is -0.412. The van der Waals surface area contributed by atoms with Crippen LogP contribution in [0.25, 0.3) is 5.78 Å². The number of carbonyl (C=O) groups is 2. The molecule has 0 unspecified atom stereocenters. The molecule has 142 valence electrons. The zero-order valence-electron chi connectivity index (χ0n) is 15.5. The lowest BCUT2D eigenvalue weighted by atomic mass is 10.1. The number of fused-ring (bicyclic) bond motifs is 1. The van der Waals surface area contributed by atoms with Gasteiger partial charge in [-0.25, -0.2) is 9.50 Å². The zero-order chi connectivity index (χ0) is 19.4. The van der Waals surface area contributed by atoms with E-state index in [0.717, 1.165) is 22.5 Å². The van der Waals surface area contributed by atoms with Crippen molar-refractivity contribution in [3.05, 3.63) is 45.7 Å². The summed E-state index contributed by atoms with van der Waals surface area (Å²) in [6.07, 6.45) is 2.09. The highest BCUT2D eigenvalue weighted by atomic mass is 32.1. The quantitative estimate of drug-likeness (QED) is 0.576. The van der Waals surface area contributed by atoms with Crippen LogP contribution in [0, 0.1) is 13.8 Å². The highest BCUT2D eigenvalue weighted by molar-refractivity contribution is 7.07. The fourth-order valence-corrected chi connectivity index (χ4v) is 3.47. The lowest BCUT2D eigenvalue weighted by Gasteiger charge is -2.16. The zero-order valence-corrected chi connectivity index (χ0v) is 16.3. The maximum Gasteiger partial charge on any atom is 0.306 e. The van der Waals surface area contributed by atoms with E-state index in [-0.39, 0.29) is 18.9 Å². The van der Waals surface area contributed by atoms with Crippen LogP contribution in [0.2, 0.25) is 0 Å². The van der Waals surface area contributed by atoms with Gasteiger partial charge in [0.1, 0.15) is 6.33 Å². The third-order valence-corrected chi connectivity index (χ3v) is 5.08. The Morgan fingerprint density at radius 3 is 2.89 bits per heavy atom. The van der Waals surface area contributed by atoms with E-state index < -0.39 is 5.97 Å². The first-order valence-electron chi connectivity index (χ1n) is 8.52. The van der Waals surface area contributed by atoms with Gasteiger partial charge in [0.2, 0.25) is 0 Å². The molecule has 0 aromatic carbocycles. The summed E-state index contributed by atoms with van der Waals surface area (Å²) in [6.45, 7) is 4.05. The Hall–Kier alpha value is -2.81. The summed E-state index contributed by atoms with van der Waals surface area (Å²) in [6, 6.07) is 1.96. The lowest BCUT2D eigenvalue weighted by Crippen LogP contribution is -2.30. The number of rotatable bonds is 7. The van der Waals surface area contributed by atoms with Crippen LogP contribution in [0.15, 0.2) is 23.2 Å². The molecule has 27 heavy (non-hydrogen) atoms. The van der Waals surface area contributed by atoms with Crippen molar-refractivity contribution in [1.29, 1.82) is 0 Å². The highest BCUT2D eigenvalue weighted by Crippen LogP contribution is 2.15. The molecular weight excluding hydrogens is 366 g/mol. The number of thiophene rings is 1. The second kappa shape index (κ2) is 8.26. The molecule has 3 aromatic heterocycles. The average Bonchev–Trinajstić information content (AvgIpc) is 3.31. The normalized spacial score (nSPS) is 10.9. The Labute approximate surface area is 160 Å². The molecule has 0 spiro atoms. The summed E-state index contributed by atoms with van der Waals surface area (Å²) < 4.78 is 6.78. The fraction of sp³-hybridized carbons (Fsp3) is 0.389. The Kier molecular flexibility index (Phi) is 5.80. The van der Waals surface area contributed by atoms with Crippen molar-refractivity contribution in [3.63, 3.8) is 0 Å². The lowest BCUT2D eigenvalue weighted by molar-refractivity contribution is -0.151. The SMILES string of the molecule is Cc1nc2ncnn2c(C)c1CCC(=O)OCC(=O)N(C)Cc1ccsc1. The van der Waals surface area contributed by atoms with Gasteiger partial charge in [-0.1, -0.05) is 0 Å². The summed E-state index contributed by atoms with van der Waals surface area (Å²) in [7, 11) is 1.69. The van der Waals surface area contributed by atoms with Crippen molar-refractivity contribution in [2.24, 2.45) is 0 Å². The van der Waals surface area contributed by atoms with Crippen molar-refractivity contribution in [2.45, 2.75) is 33.2 Å². The number of aromatic nitrogens is 4.